The van der Waals surface area contributed by atoms with Gasteiger partial charge in [-0.05, 0) is 53.5 Å². The second kappa shape index (κ2) is 5.75. The number of benzene rings is 3. The van der Waals surface area contributed by atoms with E-state index in [9.17, 15) is 0 Å². The summed E-state index contributed by atoms with van der Waals surface area (Å²) >= 11 is 0. The summed E-state index contributed by atoms with van der Waals surface area (Å²) in [6.45, 7) is 9.41. The maximum absolute atomic E-state index is 6.67. The number of hydrogen-bond donors (Lipinski definition) is 0. The monoisotopic (exact) mass is 394 g/mol. The zero-order valence-electron chi connectivity index (χ0n) is 18.0. The molecule has 3 aromatic carbocycles. The van der Waals surface area contributed by atoms with Crippen molar-refractivity contribution in [3.63, 3.8) is 0 Å². The van der Waals surface area contributed by atoms with Crippen molar-refractivity contribution in [3.8, 4) is 22.9 Å². The lowest BCUT2D eigenvalue weighted by Gasteiger charge is -2.43. The van der Waals surface area contributed by atoms with Crippen LogP contribution in [0.2, 0.25) is 0 Å². The fraction of sp³-hybridized carbons (Fsp3) is 0.296. The molecule has 0 N–H and O–H groups in total. The first kappa shape index (κ1) is 17.8. The zero-order chi connectivity index (χ0) is 20.7. The van der Waals surface area contributed by atoms with Gasteiger partial charge in [0, 0.05) is 5.56 Å². The van der Waals surface area contributed by atoms with Gasteiger partial charge in [0.15, 0.2) is 0 Å². The number of para-hydroxylation sites is 2. The van der Waals surface area contributed by atoms with Gasteiger partial charge in [-0.2, -0.15) is 0 Å². The van der Waals surface area contributed by atoms with Gasteiger partial charge in [0.25, 0.3) is 6.33 Å². The number of fused-ring (bicyclic) bond motifs is 4. The van der Waals surface area contributed by atoms with Crippen LogP contribution in [0.4, 0.5) is 0 Å². The second-order valence-corrected chi connectivity index (χ2v) is 9.94. The third-order valence-corrected chi connectivity index (χ3v) is 7.03. The van der Waals surface area contributed by atoms with E-state index >= 15 is 0 Å². The molecule has 150 valence electrons. The van der Waals surface area contributed by atoms with Crippen molar-refractivity contribution in [1.29, 1.82) is 0 Å². The molecule has 0 radical (unpaired) electrons. The number of rotatable bonds is 1. The van der Waals surface area contributed by atoms with E-state index in [-0.39, 0.29) is 10.8 Å². The molecule has 0 bridgehead atoms. The van der Waals surface area contributed by atoms with E-state index in [0.29, 0.717) is 0 Å². The molecule has 0 fully saturated rings. The molecule has 3 heteroatoms. The van der Waals surface area contributed by atoms with Crippen LogP contribution in [-0.2, 0) is 10.8 Å². The van der Waals surface area contributed by atoms with Crippen LogP contribution in [0.25, 0.3) is 22.4 Å². The van der Waals surface area contributed by atoms with Gasteiger partial charge in [-0.25, -0.2) is 0 Å². The minimum absolute atomic E-state index is 0.0736. The van der Waals surface area contributed by atoms with Crippen molar-refractivity contribution in [2.75, 3.05) is 0 Å². The van der Waals surface area contributed by atoms with E-state index in [0.717, 1.165) is 40.3 Å². The molecular weight excluding hydrogens is 368 g/mol. The standard InChI is InChI=1S/C27H26N2O/c1-26(2)15-16-27(3,4)23-19(26)13-14-21-25(23)30-22-12-8-11-20-24(22)29(21)17-28(20)18-9-6-5-7-10-18/h5-14H,15-16H2,1-4H3. The van der Waals surface area contributed by atoms with Crippen LogP contribution in [-0.4, -0.2) is 4.57 Å². The highest BCUT2D eigenvalue weighted by atomic mass is 16.5. The van der Waals surface area contributed by atoms with E-state index in [1.165, 1.54) is 17.5 Å². The van der Waals surface area contributed by atoms with Gasteiger partial charge in [-0.3, -0.25) is 9.13 Å². The summed E-state index contributed by atoms with van der Waals surface area (Å²) in [7, 11) is 0. The third kappa shape index (κ3) is 2.29. The van der Waals surface area contributed by atoms with Crippen molar-refractivity contribution in [1.82, 2.24) is 4.57 Å². The molecule has 0 saturated carbocycles. The highest BCUT2D eigenvalue weighted by Gasteiger charge is 2.41. The molecule has 0 unspecified atom stereocenters. The van der Waals surface area contributed by atoms with Gasteiger partial charge in [0.1, 0.15) is 22.7 Å². The number of imidazole rings is 1. The van der Waals surface area contributed by atoms with Crippen molar-refractivity contribution >= 4 is 11.0 Å². The topological polar surface area (TPSA) is 18.0 Å². The van der Waals surface area contributed by atoms with E-state index < -0.39 is 0 Å². The molecule has 2 aliphatic rings. The van der Waals surface area contributed by atoms with Crippen LogP contribution in [0.5, 0.6) is 11.5 Å². The summed E-state index contributed by atoms with van der Waals surface area (Å²) in [6, 6.07) is 21.2. The number of nitrogens with zero attached hydrogens (tertiary/aromatic N) is 2. The minimum atomic E-state index is 0.0736. The lowest BCUT2D eigenvalue weighted by molar-refractivity contribution is -0.575. The SMILES string of the molecule is CC1(C)CCC(C)(C)c2c1ccc1c2Oc2cccc3c2[n+]-1[c-]n3-c1ccccc1. The van der Waals surface area contributed by atoms with Gasteiger partial charge >= 0.3 is 0 Å². The van der Waals surface area contributed by atoms with E-state index in [1.807, 2.05) is 6.07 Å². The normalized spacial score (nSPS) is 17.9. The maximum atomic E-state index is 6.67. The van der Waals surface area contributed by atoms with Crippen LogP contribution >= 0.6 is 0 Å². The Balaban J connectivity index is 1.68. The Labute approximate surface area is 177 Å². The zero-order valence-corrected chi connectivity index (χ0v) is 18.0. The fourth-order valence-corrected chi connectivity index (χ4v) is 5.23. The van der Waals surface area contributed by atoms with Crippen LogP contribution < -0.4 is 9.30 Å². The van der Waals surface area contributed by atoms with E-state index in [1.54, 1.807) is 0 Å². The molecule has 2 heterocycles. The highest BCUT2D eigenvalue weighted by molar-refractivity contribution is 5.83. The lowest BCUT2D eigenvalue weighted by atomic mass is 9.62. The Hall–Kier alpha value is -3.07. The average Bonchev–Trinajstić information content (AvgIpc) is 3.13. The second-order valence-electron chi connectivity index (χ2n) is 9.94. The first-order chi connectivity index (χ1) is 14.4. The van der Waals surface area contributed by atoms with Gasteiger partial charge in [-0.15, -0.1) is 0 Å². The molecule has 4 aromatic rings. The Bertz CT molecular complexity index is 1310. The van der Waals surface area contributed by atoms with Crippen molar-refractivity contribution in [3.05, 3.63) is 78.1 Å². The summed E-state index contributed by atoms with van der Waals surface area (Å²) in [5, 5.41) is 0. The molecule has 1 aliphatic heterocycles. The molecule has 1 aliphatic carbocycles. The van der Waals surface area contributed by atoms with Crippen molar-refractivity contribution in [2.45, 2.75) is 51.4 Å². The molecular formula is C27H26N2O. The molecule has 1 aromatic heterocycles. The Morgan fingerprint density at radius 3 is 2.43 bits per heavy atom. The summed E-state index contributed by atoms with van der Waals surface area (Å²) in [6.07, 6.45) is 5.96. The van der Waals surface area contributed by atoms with Gasteiger partial charge in [0.2, 0.25) is 0 Å². The molecule has 0 saturated heterocycles. The van der Waals surface area contributed by atoms with Crippen LogP contribution in [0.15, 0.2) is 60.7 Å². The molecule has 30 heavy (non-hydrogen) atoms. The summed E-state index contributed by atoms with van der Waals surface area (Å²) in [5.74, 6) is 1.90. The quantitative estimate of drug-likeness (QED) is 0.246. The number of ether oxygens (including phenoxy) is 1. The highest BCUT2D eigenvalue weighted by Crippen LogP contribution is 2.52. The largest absolute Gasteiger partial charge is 0.465 e. The van der Waals surface area contributed by atoms with Crippen LogP contribution in [0.1, 0.15) is 51.7 Å². The van der Waals surface area contributed by atoms with Crippen LogP contribution in [0, 0.1) is 6.33 Å². The predicted octanol–water partition coefficient (Wildman–Crippen LogP) is 6.16. The smallest absolute Gasteiger partial charge is 0.270 e. The van der Waals surface area contributed by atoms with E-state index in [4.69, 9.17) is 4.74 Å². The first-order valence-corrected chi connectivity index (χ1v) is 10.8. The Kier molecular flexibility index (Phi) is 3.41. The summed E-state index contributed by atoms with van der Waals surface area (Å²) < 4.78 is 11.0. The Morgan fingerprint density at radius 2 is 1.63 bits per heavy atom. The van der Waals surface area contributed by atoms with Gasteiger partial charge in [0.05, 0.1) is 11.2 Å². The lowest BCUT2D eigenvalue weighted by Crippen LogP contribution is -2.38. The number of aromatic nitrogens is 2. The summed E-state index contributed by atoms with van der Waals surface area (Å²) in [5.41, 5.74) is 7.34. The van der Waals surface area contributed by atoms with Gasteiger partial charge < -0.3 is 4.74 Å². The fourth-order valence-electron chi connectivity index (χ4n) is 5.23. The van der Waals surface area contributed by atoms with Crippen LogP contribution in [0.3, 0.4) is 0 Å². The molecule has 0 amide bonds. The molecule has 3 nitrogen and oxygen atoms in total. The first-order valence-electron chi connectivity index (χ1n) is 10.8. The van der Waals surface area contributed by atoms with Crippen molar-refractivity contribution in [2.24, 2.45) is 0 Å². The van der Waals surface area contributed by atoms with E-state index in [2.05, 4.69) is 97.8 Å². The molecule has 0 atom stereocenters. The van der Waals surface area contributed by atoms with Gasteiger partial charge in [-0.1, -0.05) is 64.1 Å². The predicted molar refractivity (Wildman–Crippen MR) is 119 cm³/mol. The maximum Gasteiger partial charge on any atom is 0.270 e. The summed E-state index contributed by atoms with van der Waals surface area (Å²) in [4.78, 5) is 0. The van der Waals surface area contributed by atoms with Crippen molar-refractivity contribution < 1.29 is 9.30 Å². The minimum Gasteiger partial charge on any atom is -0.465 e. The third-order valence-electron chi connectivity index (χ3n) is 7.03. The molecule has 0 spiro atoms. The molecule has 6 rings (SSSR count). The average molecular weight is 395 g/mol. The number of hydrogen-bond acceptors (Lipinski definition) is 1. The Morgan fingerprint density at radius 1 is 0.867 bits per heavy atom.